The molecule has 0 spiro atoms. The van der Waals surface area contributed by atoms with E-state index in [-0.39, 0.29) is 11.4 Å². The van der Waals surface area contributed by atoms with Crippen LogP contribution < -0.4 is 5.73 Å². The monoisotopic (exact) mass is 240 g/mol. The van der Waals surface area contributed by atoms with Gasteiger partial charge in [0.05, 0.1) is 4.92 Å². The molecule has 0 heterocycles. The molecular weight excluding hydrogens is 224 g/mol. The fourth-order valence-corrected chi connectivity index (χ4v) is 2.40. The van der Waals surface area contributed by atoms with Gasteiger partial charge in [-0.05, 0) is 30.2 Å². The van der Waals surface area contributed by atoms with Crippen molar-refractivity contribution in [1.29, 1.82) is 0 Å². The van der Waals surface area contributed by atoms with E-state index in [0.717, 1.165) is 17.1 Å². The molecule has 0 amide bonds. The SMILES string of the molecule is CC(C)CCSc1ccc([N+](=O)[O-])c(N)c1. The first kappa shape index (κ1) is 12.8. The average Bonchev–Trinajstić information content (AvgIpc) is 2.16. The Labute approximate surface area is 99.4 Å². The van der Waals surface area contributed by atoms with Gasteiger partial charge in [0.15, 0.2) is 0 Å². The number of hydrogen-bond acceptors (Lipinski definition) is 4. The Hall–Kier alpha value is -1.23. The third-order valence-corrected chi connectivity index (χ3v) is 3.19. The molecule has 0 aromatic heterocycles. The predicted octanol–water partition coefficient (Wildman–Crippen LogP) is 3.32. The topological polar surface area (TPSA) is 69.2 Å². The van der Waals surface area contributed by atoms with Crippen molar-refractivity contribution in [2.24, 2.45) is 5.92 Å². The lowest BCUT2D eigenvalue weighted by molar-refractivity contribution is -0.383. The van der Waals surface area contributed by atoms with E-state index in [1.54, 1.807) is 23.9 Å². The average molecular weight is 240 g/mol. The van der Waals surface area contributed by atoms with Crippen molar-refractivity contribution in [3.05, 3.63) is 28.3 Å². The van der Waals surface area contributed by atoms with Crippen molar-refractivity contribution in [1.82, 2.24) is 0 Å². The second-order valence-corrected chi connectivity index (χ2v) is 5.18. The standard InChI is InChI=1S/C11H16N2O2S/c1-8(2)5-6-16-9-3-4-11(13(14)15)10(12)7-9/h3-4,7-8H,5-6,12H2,1-2H3. The number of rotatable bonds is 5. The third kappa shape index (κ3) is 3.73. The van der Waals surface area contributed by atoms with Gasteiger partial charge in [-0.15, -0.1) is 11.8 Å². The number of nitro groups is 1. The van der Waals surface area contributed by atoms with Gasteiger partial charge >= 0.3 is 0 Å². The van der Waals surface area contributed by atoms with Crippen LogP contribution in [0.4, 0.5) is 11.4 Å². The van der Waals surface area contributed by atoms with Gasteiger partial charge in [-0.25, -0.2) is 0 Å². The van der Waals surface area contributed by atoms with Crippen molar-refractivity contribution in [2.45, 2.75) is 25.2 Å². The van der Waals surface area contributed by atoms with E-state index in [9.17, 15) is 10.1 Å². The lowest BCUT2D eigenvalue weighted by atomic mass is 10.2. The van der Waals surface area contributed by atoms with Crippen LogP contribution >= 0.6 is 11.8 Å². The molecule has 0 aliphatic heterocycles. The first-order valence-electron chi connectivity index (χ1n) is 5.17. The Bertz CT molecular complexity index is 380. The summed E-state index contributed by atoms with van der Waals surface area (Å²) in [5.74, 6) is 1.68. The summed E-state index contributed by atoms with van der Waals surface area (Å²) in [7, 11) is 0. The van der Waals surface area contributed by atoms with Crippen LogP contribution in [0, 0.1) is 16.0 Å². The number of thioether (sulfide) groups is 1. The van der Waals surface area contributed by atoms with E-state index >= 15 is 0 Å². The number of hydrogen-bond donors (Lipinski definition) is 1. The molecule has 16 heavy (non-hydrogen) atoms. The van der Waals surface area contributed by atoms with Crippen molar-refractivity contribution in [3.63, 3.8) is 0 Å². The van der Waals surface area contributed by atoms with Gasteiger partial charge in [0.2, 0.25) is 0 Å². The molecule has 88 valence electrons. The van der Waals surface area contributed by atoms with E-state index in [4.69, 9.17) is 5.73 Å². The number of anilines is 1. The summed E-state index contributed by atoms with van der Waals surface area (Å²) in [6.07, 6.45) is 1.13. The highest BCUT2D eigenvalue weighted by molar-refractivity contribution is 7.99. The van der Waals surface area contributed by atoms with Crippen LogP contribution in [0.15, 0.2) is 23.1 Å². The molecule has 5 heteroatoms. The molecule has 1 rings (SSSR count). The van der Waals surface area contributed by atoms with Gasteiger partial charge in [-0.2, -0.15) is 0 Å². The molecule has 0 aliphatic rings. The Morgan fingerprint density at radius 3 is 2.69 bits per heavy atom. The highest BCUT2D eigenvalue weighted by Gasteiger charge is 2.11. The van der Waals surface area contributed by atoms with Crippen LogP contribution in [0.3, 0.4) is 0 Å². The van der Waals surface area contributed by atoms with Gasteiger partial charge in [-0.1, -0.05) is 13.8 Å². The number of nitrogens with zero attached hydrogens (tertiary/aromatic N) is 1. The van der Waals surface area contributed by atoms with Gasteiger partial charge in [0, 0.05) is 11.0 Å². The third-order valence-electron chi connectivity index (χ3n) is 2.16. The summed E-state index contributed by atoms with van der Waals surface area (Å²) in [6, 6.07) is 4.88. The van der Waals surface area contributed by atoms with E-state index in [1.165, 1.54) is 6.07 Å². The summed E-state index contributed by atoms with van der Waals surface area (Å²) in [6.45, 7) is 4.34. The molecule has 2 N–H and O–H groups in total. The quantitative estimate of drug-likeness (QED) is 0.371. The summed E-state index contributed by atoms with van der Waals surface area (Å²) in [5.41, 5.74) is 5.81. The summed E-state index contributed by atoms with van der Waals surface area (Å²) < 4.78 is 0. The molecule has 0 unspecified atom stereocenters. The number of benzene rings is 1. The molecule has 0 radical (unpaired) electrons. The van der Waals surface area contributed by atoms with Gasteiger partial charge < -0.3 is 5.73 Å². The van der Waals surface area contributed by atoms with Crippen LogP contribution in [-0.2, 0) is 0 Å². The summed E-state index contributed by atoms with van der Waals surface area (Å²) in [4.78, 5) is 11.1. The predicted molar refractivity (Wildman–Crippen MR) is 67.7 cm³/mol. The molecule has 0 fully saturated rings. The molecule has 0 saturated carbocycles. The first-order chi connectivity index (χ1) is 7.50. The fourth-order valence-electron chi connectivity index (χ4n) is 1.20. The minimum absolute atomic E-state index is 0.0202. The zero-order valence-corrected chi connectivity index (χ0v) is 10.3. The van der Waals surface area contributed by atoms with Crippen LogP contribution in [0.25, 0.3) is 0 Å². The van der Waals surface area contributed by atoms with Crippen molar-refractivity contribution in [3.8, 4) is 0 Å². The highest BCUT2D eigenvalue weighted by atomic mass is 32.2. The number of nitrogen functional groups attached to an aromatic ring is 1. The van der Waals surface area contributed by atoms with Crippen LogP contribution in [-0.4, -0.2) is 10.7 Å². The van der Waals surface area contributed by atoms with Crippen LogP contribution in [0.1, 0.15) is 20.3 Å². The van der Waals surface area contributed by atoms with E-state index in [0.29, 0.717) is 5.92 Å². The van der Waals surface area contributed by atoms with Crippen LogP contribution in [0.2, 0.25) is 0 Å². The zero-order chi connectivity index (χ0) is 12.1. The fraction of sp³-hybridized carbons (Fsp3) is 0.455. The maximum Gasteiger partial charge on any atom is 0.292 e. The molecular formula is C11H16N2O2S. The smallest absolute Gasteiger partial charge is 0.292 e. The van der Waals surface area contributed by atoms with Gasteiger partial charge in [-0.3, -0.25) is 10.1 Å². The maximum atomic E-state index is 10.6. The molecule has 1 aromatic rings. The second-order valence-electron chi connectivity index (χ2n) is 4.01. The van der Waals surface area contributed by atoms with Gasteiger partial charge in [0.1, 0.15) is 5.69 Å². The zero-order valence-electron chi connectivity index (χ0n) is 9.47. The lowest BCUT2D eigenvalue weighted by Gasteiger charge is -2.05. The normalized spacial score (nSPS) is 10.7. The molecule has 0 saturated heterocycles. The maximum absolute atomic E-state index is 10.6. The van der Waals surface area contributed by atoms with E-state index in [2.05, 4.69) is 13.8 Å². The van der Waals surface area contributed by atoms with Crippen LogP contribution in [0.5, 0.6) is 0 Å². The molecule has 0 bridgehead atoms. The Morgan fingerprint density at radius 1 is 1.50 bits per heavy atom. The molecule has 0 aliphatic carbocycles. The highest BCUT2D eigenvalue weighted by Crippen LogP contribution is 2.28. The second kappa shape index (κ2) is 5.75. The largest absolute Gasteiger partial charge is 0.393 e. The number of nitro benzene ring substituents is 1. The first-order valence-corrected chi connectivity index (χ1v) is 6.16. The van der Waals surface area contributed by atoms with Crippen molar-refractivity contribution < 1.29 is 4.92 Å². The van der Waals surface area contributed by atoms with E-state index < -0.39 is 4.92 Å². The summed E-state index contributed by atoms with van der Waals surface area (Å²) >= 11 is 1.68. The number of nitrogens with two attached hydrogens (primary N) is 1. The minimum Gasteiger partial charge on any atom is -0.393 e. The molecule has 1 aromatic carbocycles. The van der Waals surface area contributed by atoms with Crippen molar-refractivity contribution in [2.75, 3.05) is 11.5 Å². The van der Waals surface area contributed by atoms with Gasteiger partial charge in [0.25, 0.3) is 5.69 Å². The Morgan fingerprint density at radius 2 is 2.19 bits per heavy atom. The van der Waals surface area contributed by atoms with Crippen molar-refractivity contribution >= 4 is 23.1 Å². The Kier molecular flexibility index (Phi) is 4.61. The Balaban J connectivity index is 2.63. The molecule has 4 nitrogen and oxygen atoms in total. The lowest BCUT2D eigenvalue weighted by Crippen LogP contribution is -1.95. The minimum atomic E-state index is -0.460. The molecule has 0 atom stereocenters. The summed E-state index contributed by atoms with van der Waals surface area (Å²) in [5, 5.41) is 10.6. The van der Waals surface area contributed by atoms with E-state index in [1.807, 2.05) is 0 Å².